The minimum Gasteiger partial charge on any atom is -0.476 e. The van der Waals surface area contributed by atoms with Gasteiger partial charge < -0.3 is 10.1 Å². The van der Waals surface area contributed by atoms with E-state index in [1.807, 2.05) is 13.8 Å². The normalized spacial score (nSPS) is 17.1. The van der Waals surface area contributed by atoms with Crippen LogP contribution < -0.4 is 14.4 Å². The fourth-order valence-electron chi connectivity index (χ4n) is 4.07. The number of benzene rings is 2. The van der Waals surface area contributed by atoms with Gasteiger partial charge in [-0.15, -0.1) is 0 Å². The van der Waals surface area contributed by atoms with Crippen molar-refractivity contribution in [2.75, 3.05) is 10.8 Å². The molecular weight excluding hydrogens is 400 g/mol. The van der Waals surface area contributed by atoms with Crippen molar-refractivity contribution in [2.45, 2.75) is 57.6 Å². The van der Waals surface area contributed by atoms with E-state index in [0.29, 0.717) is 11.4 Å². The summed E-state index contributed by atoms with van der Waals surface area (Å²) in [5, 5.41) is 3.04. The molecule has 1 atom stereocenters. The molecule has 0 spiro atoms. The number of para-hydroxylation sites is 2. The van der Waals surface area contributed by atoms with Gasteiger partial charge in [-0.3, -0.25) is 9.10 Å². The molecule has 2 aromatic rings. The van der Waals surface area contributed by atoms with Crippen LogP contribution in [0.15, 0.2) is 59.5 Å². The van der Waals surface area contributed by atoms with Gasteiger partial charge in [0.05, 0.1) is 17.1 Å². The summed E-state index contributed by atoms with van der Waals surface area (Å²) < 4.78 is 33.8. The number of carbonyl (C=O) groups is 1. The summed E-state index contributed by atoms with van der Waals surface area (Å²) in [5.74, 6) is 0.0454. The molecule has 162 valence electrons. The number of hydrogen-bond donors (Lipinski definition) is 1. The lowest BCUT2D eigenvalue weighted by molar-refractivity contribution is -0.129. The largest absolute Gasteiger partial charge is 0.476 e. The van der Waals surface area contributed by atoms with Crippen molar-refractivity contribution in [1.29, 1.82) is 0 Å². The van der Waals surface area contributed by atoms with E-state index in [2.05, 4.69) is 26.1 Å². The van der Waals surface area contributed by atoms with E-state index in [1.165, 1.54) is 4.31 Å². The molecule has 2 aromatic carbocycles. The molecule has 1 N–H and O–H groups in total. The van der Waals surface area contributed by atoms with E-state index in [9.17, 15) is 13.2 Å². The summed E-state index contributed by atoms with van der Waals surface area (Å²) in [5.41, 5.74) is -0.00230. The number of rotatable bonds is 5. The third-order valence-electron chi connectivity index (χ3n) is 4.79. The summed E-state index contributed by atoms with van der Waals surface area (Å²) in [6.07, 6.45) is -0.182. The highest BCUT2D eigenvalue weighted by Gasteiger charge is 2.39. The van der Waals surface area contributed by atoms with Crippen LogP contribution in [-0.4, -0.2) is 32.5 Å². The van der Waals surface area contributed by atoms with Crippen molar-refractivity contribution < 1.29 is 17.9 Å². The number of ether oxygens (including phenoxy) is 1. The molecule has 0 radical (unpaired) electrons. The lowest BCUT2D eigenvalue weighted by Crippen LogP contribution is -2.55. The third kappa shape index (κ3) is 4.95. The van der Waals surface area contributed by atoms with E-state index in [-0.39, 0.29) is 22.8 Å². The smallest absolute Gasteiger partial charge is 0.264 e. The monoisotopic (exact) mass is 430 g/mol. The molecule has 1 aliphatic rings. The van der Waals surface area contributed by atoms with Gasteiger partial charge in [0.2, 0.25) is 0 Å². The second-order valence-electron chi connectivity index (χ2n) is 9.53. The van der Waals surface area contributed by atoms with Crippen molar-refractivity contribution in [2.24, 2.45) is 5.41 Å². The molecule has 0 fully saturated rings. The third-order valence-corrected chi connectivity index (χ3v) is 6.59. The second kappa shape index (κ2) is 7.95. The molecule has 1 heterocycles. The Kier molecular flexibility index (Phi) is 5.87. The molecule has 3 rings (SSSR count). The zero-order valence-corrected chi connectivity index (χ0v) is 19.0. The predicted octanol–water partition coefficient (Wildman–Crippen LogP) is 3.97. The van der Waals surface area contributed by atoms with Crippen molar-refractivity contribution in [3.8, 4) is 5.75 Å². The van der Waals surface area contributed by atoms with E-state index >= 15 is 0 Å². The van der Waals surface area contributed by atoms with Gasteiger partial charge in [-0.05, 0) is 49.9 Å². The van der Waals surface area contributed by atoms with E-state index in [4.69, 9.17) is 4.74 Å². The van der Waals surface area contributed by atoms with Crippen molar-refractivity contribution in [3.63, 3.8) is 0 Å². The maximum atomic E-state index is 13.3. The molecule has 0 aliphatic carbocycles. The van der Waals surface area contributed by atoms with Gasteiger partial charge in [0.25, 0.3) is 15.9 Å². The number of hydrogen-bond acceptors (Lipinski definition) is 4. The Balaban J connectivity index is 1.91. The molecule has 7 heteroatoms. The lowest BCUT2D eigenvalue weighted by Gasteiger charge is -2.38. The first kappa shape index (κ1) is 22.2. The molecular formula is C23H30N2O4S. The van der Waals surface area contributed by atoms with Gasteiger partial charge in [-0.2, -0.15) is 0 Å². The van der Waals surface area contributed by atoms with E-state index < -0.39 is 21.7 Å². The van der Waals surface area contributed by atoms with Gasteiger partial charge in [0.15, 0.2) is 6.10 Å². The summed E-state index contributed by atoms with van der Waals surface area (Å²) in [7, 11) is -3.84. The quantitative estimate of drug-likeness (QED) is 0.779. The second-order valence-corrected chi connectivity index (χ2v) is 11.4. The zero-order chi connectivity index (χ0) is 22.2. The van der Waals surface area contributed by atoms with Gasteiger partial charge in [0.1, 0.15) is 5.75 Å². The summed E-state index contributed by atoms with van der Waals surface area (Å²) >= 11 is 0. The van der Waals surface area contributed by atoms with Gasteiger partial charge in [-0.25, -0.2) is 8.42 Å². The standard InChI is InChI=1S/C23H30N2O4S/c1-22(2,3)16-23(4,5)24-21(26)20-15-25(18-13-9-10-14-19(18)29-20)30(27,28)17-11-7-6-8-12-17/h6-14,20H,15-16H2,1-5H3,(H,24,26). The highest BCUT2D eigenvalue weighted by Crippen LogP contribution is 2.37. The molecule has 0 bridgehead atoms. The van der Waals surface area contributed by atoms with Gasteiger partial charge in [-0.1, -0.05) is 51.1 Å². The molecule has 1 amide bonds. The van der Waals surface area contributed by atoms with Crippen LogP contribution in [0.1, 0.15) is 41.0 Å². The number of nitrogens with zero attached hydrogens (tertiary/aromatic N) is 1. The first-order chi connectivity index (χ1) is 13.9. The van der Waals surface area contributed by atoms with Crippen LogP contribution in [0.25, 0.3) is 0 Å². The predicted molar refractivity (Wildman–Crippen MR) is 118 cm³/mol. The number of nitrogens with one attached hydrogen (secondary N) is 1. The molecule has 0 aromatic heterocycles. The van der Waals surface area contributed by atoms with Crippen molar-refractivity contribution in [1.82, 2.24) is 5.32 Å². The van der Waals surface area contributed by atoms with Crippen LogP contribution in [0.4, 0.5) is 5.69 Å². The van der Waals surface area contributed by atoms with Gasteiger partial charge >= 0.3 is 0 Å². The first-order valence-electron chi connectivity index (χ1n) is 10.0. The van der Waals surface area contributed by atoms with Gasteiger partial charge in [0, 0.05) is 5.54 Å². The van der Waals surface area contributed by atoms with Crippen molar-refractivity contribution in [3.05, 3.63) is 54.6 Å². The Morgan fingerprint density at radius 1 is 1.03 bits per heavy atom. The summed E-state index contributed by atoms with van der Waals surface area (Å²) in [6.45, 7) is 10.2. The van der Waals surface area contributed by atoms with Crippen LogP contribution in [0.3, 0.4) is 0 Å². The minimum atomic E-state index is -3.84. The lowest BCUT2D eigenvalue weighted by atomic mass is 9.81. The Morgan fingerprint density at radius 2 is 1.63 bits per heavy atom. The SMILES string of the molecule is CC(C)(C)CC(C)(C)NC(=O)C1CN(S(=O)(=O)c2ccccc2)c2ccccc2O1. The molecule has 0 saturated carbocycles. The maximum absolute atomic E-state index is 13.3. The average molecular weight is 431 g/mol. The molecule has 0 saturated heterocycles. The fourth-order valence-corrected chi connectivity index (χ4v) is 5.57. The van der Waals surface area contributed by atoms with Crippen LogP contribution >= 0.6 is 0 Å². The Hall–Kier alpha value is -2.54. The Morgan fingerprint density at radius 3 is 2.27 bits per heavy atom. The van der Waals surface area contributed by atoms with E-state index in [0.717, 1.165) is 6.42 Å². The van der Waals surface area contributed by atoms with Crippen LogP contribution in [0.2, 0.25) is 0 Å². The number of anilines is 1. The highest BCUT2D eigenvalue weighted by atomic mass is 32.2. The Labute approximate surface area is 179 Å². The minimum absolute atomic E-state index is 0.0273. The number of sulfonamides is 1. The highest BCUT2D eigenvalue weighted by molar-refractivity contribution is 7.92. The van der Waals surface area contributed by atoms with E-state index in [1.54, 1.807) is 54.6 Å². The average Bonchev–Trinajstić information content (AvgIpc) is 2.65. The number of fused-ring (bicyclic) bond motifs is 1. The maximum Gasteiger partial charge on any atom is 0.264 e. The molecule has 6 nitrogen and oxygen atoms in total. The summed E-state index contributed by atoms with van der Waals surface area (Å²) in [4.78, 5) is 13.2. The number of amides is 1. The molecule has 30 heavy (non-hydrogen) atoms. The van der Waals surface area contributed by atoms with Crippen molar-refractivity contribution >= 4 is 21.6 Å². The van der Waals surface area contributed by atoms with Crippen LogP contribution in [-0.2, 0) is 14.8 Å². The fraction of sp³-hybridized carbons (Fsp3) is 0.435. The number of carbonyl (C=O) groups excluding carboxylic acids is 1. The van der Waals surface area contributed by atoms with Crippen LogP contribution in [0, 0.1) is 5.41 Å². The molecule has 1 unspecified atom stereocenters. The first-order valence-corrected chi connectivity index (χ1v) is 11.5. The topological polar surface area (TPSA) is 75.7 Å². The molecule has 1 aliphatic heterocycles. The van der Waals surface area contributed by atoms with Crippen LogP contribution in [0.5, 0.6) is 5.75 Å². The zero-order valence-electron chi connectivity index (χ0n) is 18.2. The summed E-state index contributed by atoms with van der Waals surface area (Å²) in [6, 6.07) is 15.1. The Bertz CT molecular complexity index is 1010.